The Morgan fingerprint density at radius 1 is 1.47 bits per heavy atom. The minimum absolute atomic E-state index is 0.0914. The predicted octanol–water partition coefficient (Wildman–Crippen LogP) is 2.28. The fourth-order valence-corrected chi connectivity index (χ4v) is 1.47. The molecule has 0 aliphatic rings. The van der Waals surface area contributed by atoms with Crippen LogP contribution in [0.25, 0.3) is 0 Å². The van der Waals surface area contributed by atoms with Crippen molar-refractivity contribution in [2.75, 3.05) is 7.11 Å². The molecule has 3 nitrogen and oxygen atoms in total. The van der Waals surface area contributed by atoms with Crippen LogP contribution in [0, 0.1) is 17.2 Å². The van der Waals surface area contributed by atoms with E-state index < -0.39 is 6.10 Å². The summed E-state index contributed by atoms with van der Waals surface area (Å²) in [6, 6.07) is 9.37. The van der Waals surface area contributed by atoms with Crippen molar-refractivity contribution >= 4 is 0 Å². The molecular formula is C12H15NO2. The first-order valence-electron chi connectivity index (χ1n) is 4.88. The smallest absolute Gasteiger partial charge is 0.124 e. The summed E-state index contributed by atoms with van der Waals surface area (Å²) in [5.74, 6) is 0.570. The van der Waals surface area contributed by atoms with E-state index in [4.69, 9.17) is 10.00 Å². The number of benzene rings is 1. The van der Waals surface area contributed by atoms with Crippen LogP contribution in [0.2, 0.25) is 0 Å². The standard InChI is InChI=1S/C12H15NO2/c1-9(7-8-13)12(14)10-5-3-4-6-11(10)15-2/h3-6,9,12,14H,7H2,1-2H3. The summed E-state index contributed by atoms with van der Waals surface area (Å²) in [4.78, 5) is 0. The van der Waals surface area contributed by atoms with Gasteiger partial charge in [0.25, 0.3) is 0 Å². The van der Waals surface area contributed by atoms with Gasteiger partial charge in [-0.3, -0.25) is 0 Å². The largest absolute Gasteiger partial charge is 0.496 e. The molecule has 3 heteroatoms. The van der Waals surface area contributed by atoms with Gasteiger partial charge in [-0.1, -0.05) is 25.1 Å². The number of hydrogen-bond donors (Lipinski definition) is 1. The second kappa shape index (κ2) is 5.38. The lowest BCUT2D eigenvalue weighted by Crippen LogP contribution is -2.09. The third kappa shape index (κ3) is 2.71. The number of nitrogens with zero attached hydrogens (tertiary/aromatic N) is 1. The van der Waals surface area contributed by atoms with Crippen LogP contribution in [-0.2, 0) is 0 Å². The van der Waals surface area contributed by atoms with Gasteiger partial charge in [-0.15, -0.1) is 0 Å². The van der Waals surface area contributed by atoms with Crippen LogP contribution in [0.15, 0.2) is 24.3 Å². The van der Waals surface area contributed by atoms with E-state index in [9.17, 15) is 5.11 Å². The third-order valence-electron chi connectivity index (χ3n) is 2.41. The van der Waals surface area contributed by atoms with Crippen molar-refractivity contribution in [2.45, 2.75) is 19.4 Å². The number of aliphatic hydroxyl groups excluding tert-OH is 1. The number of ether oxygens (including phenoxy) is 1. The lowest BCUT2D eigenvalue weighted by atomic mass is 9.94. The summed E-state index contributed by atoms with van der Waals surface area (Å²) < 4.78 is 5.15. The summed E-state index contributed by atoms with van der Waals surface area (Å²) in [5, 5.41) is 18.6. The molecule has 2 atom stereocenters. The van der Waals surface area contributed by atoms with E-state index in [0.29, 0.717) is 12.2 Å². The number of para-hydroxylation sites is 1. The second-order valence-corrected chi connectivity index (χ2v) is 3.53. The molecule has 0 radical (unpaired) electrons. The first-order chi connectivity index (χ1) is 7.20. The van der Waals surface area contributed by atoms with E-state index in [-0.39, 0.29) is 5.92 Å². The number of nitriles is 1. The van der Waals surface area contributed by atoms with Gasteiger partial charge in [0, 0.05) is 12.0 Å². The molecule has 1 aromatic rings. The van der Waals surface area contributed by atoms with Crippen LogP contribution >= 0.6 is 0 Å². The van der Waals surface area contributed by atoms with Gasteiger partial charge >= 0.3 is 0 Å². The Kier molecular flexibility index (Phi) is 4.14. The molecule has 0 aliphatic carbocycles. The molecule has 0 fully saturated rings. The molecular weight excluding hydrogens is 190 g/mol. The van der Waals surface area contributed by atoms with Crippen LogP contribution in [0.5, 0.6) is 5.75 Å². The van der Waals surface area contributed by atoms with E-state index >= 15 is 0 Å². The highest BCUT2D eigenvalue weighted by molar-refractivity contribution is 5.35. The predicted molar refractivity (Wildman–Crippen MR) is 57.3 cm³/mol. The molecule has 0 saturated heterocycles. The SMILES string of the molecule is COc1ccccc1C(O)C(C)CC#N. The van der Waals surface area contributed by atoms with Crippen molar-refractivity contribution in [3.8, 4) is 11.8 Å². The van der Waals surface area contributed by atoms with E-state index in [2.05, 4.69) is 6.07 Å². The fourth-order valence-electron chi connectivity index (χ4n) is 1.47. The quantitative estimate of drug-likeness (QED) is 0.820. The van der Waals surface area contributed by atoms with Gasteiger partial charge in [-0.05, 0) is 12.0 Å². The Bertz CT molecular complexity index is 357. The van der Waals surface area contributed by atoms with Gasteiger partial charge in [-0.2, -0.15) is 5.26 Å². The monoisotopic (exact) mass is 205 g/mol. The van der Waals surface area contributed by atoms with Gasteiger partial charge < -0.3 is 9.84 Å². The fraction of sp³-hybridized carbons (Fsp3) is 0.417. The third-order valence-corrected chi connectivity index (χ3v) is 2.41. The Labute approximate surface area is 89.9 Å². The zero-order valence-electron chi connectivity index (χ0n) is 8.97. The first kappa shape index (κ1) is 11.5. The summed E-state index contributed by atoms with van der Waals surface area (Å²) in [6.45, 7) is 1.85. The Balaban J connectivity index is 2.90. The number of methoxy groups -OCH3 is 1. The highest BCUT2D eigenvalue weighted by atomic mass is 16.5. The second-order valence-electron chi connectivity index (χ2n) is 3.53. The maximum absolute atomic E-state index is 10.0. The van der Waals surface area contributed by atoms with Crippen LogP contribution in [0.1, 0.15) is 25.0 Å². The van der Waals surface area contributed by atoms with Gasteiger partial charge in [0.2, 0.25) is 0 Å². The number of aliphatic hydroxyl groups is 1. The normalized spacial score (nSPS) is 14.0. The van der Waals surface area contributed by atoms with Gasteiger partial charge in [0.1, 0.15) is 5.75 Å². The lowest BCUT2D eigenvalue weighted by Gasteiger charge is -2.18. The highest BCUT2D eigenvalue weighted by Gasteiger charge is 2.19. The van der Waals surface area contributed by atoms with Crippen LogP contribution in [0.4, 0.5) is 0 Å². The van der Waals surface area contributed by atoms with E-state index in [0.717, 1.165) is 5.56 Å². The van der Waals surface area contributed by atoms with Crippen molar-refractivity contribution in [2.24, 2.45) is 5.92 Å². The average molecular weight is 205 g/mol. The maximum atomic E-state index is 10.0. The van der Waals surface area contributed by atoms with E-state index in [1.165, 1.54) is 0 Å². The zero-order valence-corrected chi connectivity index (χ0v) is 8.97. The van der Waals surface area contributed by atoms with Crippen LogP contribution in [-0.4, -0.2) is 12.2 Å². The number of hydrogen-bond acceptors (Lipinski definition) is 3. The maximum Gasteiger partial charge on any atom is 0.124 e. The molecule has 0 aliphatic heterocycles. The minimum atomic E-state index is -0.652. The van der Waals surface area contributed by atoms with E-state index in [1.807, 2.05) is 25.1 Å². The lowest BCUT2D eigenvalue weighted by molar-refractivity contribution is 0.117. The van der Waals surface area contributed by atoms with E-state index in [1.54, 1.807) is 13.2 Å². The molecule has 1 rings (SSSR count). The summed E-state index contributed by atoms with van der Waals surface area (Å²) in [5.41, 5.74) is 0.739. The molecule has 0 bridgehead atoms. The molecule has 0 aromatic heterocycles. The average Bonchev–Trinajstić information content (AvgIpc) is 2.28. The summed E-state index contributed by atoms with van der Waals surface area (Å²) in [7, 11) is 1.57. The van der Waals surface area contributed by atoms with Gasteiger partial charge in [0.15, 0.2) is 0 Å². The molecule has 0 amide bonds. The molecule has 0 saturated carbocycles. The molecule has 1 N–H and O–H groups in total. The Morgan fingerprint density at radius 3 is 2.73 bits per heavy atom. The molecule has 80 valence electrons. The van der Waals surface area contributed by atoms with Gasteiger partial charge in [0.05, 0.1) is 19.3 Å². The molecule has 1 aromatic carbocycles. The molecule has 2 unspecified atom stereocenters. The Morgan fingerprint density at radius 2 is 2.13 bits per heavy atom. The summed E-state index contributed by atoms with van der Waals surface area (Å²) in [6.07, 6.45) is -0.319. The topological polar surface area (TPSA) is 53.2 Å². The zero-order chi connectivity index (χ0) is 11.3. The van der Waals surface area contributed by atoms with Crippen molar-refractivity contribution in [1.29, 1.82) is 5.26 Å². The first-order valence-corrected chi connectivity index (χ1v) is 4.88. The molecule has 0 heterocycles. The number of rotatable bonds is 4. The minimum Gasteiger partial charge on any atom is -0.496 e. The van der Waals surface area contributed by atoms with Crippen LogP contribution < -0.4 is 4.74 Å². The van der Waals surface area contributed by atoms with Crippen molar-refractivity contribution < 1.29 is 9.84 Å². The summed E-state index contributed by atoms with van der Waals surface area (Å²) >= 11 is 0. The van der Waals surface area contributed by atoms with Crippen molar-refractivity contribution in [3.05, 3.63) is 29.8 Å². The Hall–Kier alpha value is -1.53. The molecule has 0 spiro atoms. The highest BCUT2D eigenvalue weighted by Crippen LogP contribution is 2.30. The van der Waals surface area contributed by atoms with Crippen molar-refractivity contribution in [1.82, 2.24) is 0 Å². The van der Waals surface area contributed by atoms with Crippen LogP contribution in [0.3, 0.4) is 0 Å². The van der Waals surface area contributed by atoms with Crippen molar-refractivity contribution in [3.63, 3.8) is 0 Å². The van der Waals surface area contributed by atoms with Gasteiger partial charge in [-0.25, -0.2) is 0 Å². The molecule has 15 heavy (non-hydrogen) atoms.